The second kappa shape index (κ2) is 8.20. The van der Waals surface area contributed by atoms with E-state index in [2.05, 4.69) is 15.0 Å². The number of sulfonamides is 1. The number of hydrogen-bond donors (Lipinski definition) is 3. The summed E-state index contributed by atoms with van der Waals surface area (Å²) < 4.78 is 31.0. The third-order valence-corrected chi connectivity index (χ3v) is 4.12. The van der Waals surface area contributed by atoms with Gasteiger partial charge in [0.15, 0.2) is 5.96 Å². The number of nitrogens with zero attached hydrogens (tertiary/aromatic N) is 1. The molecule has 140 valence electrons. The molecule has 26 heavy (non-hydrogen) atoms. The summed E-state index contributed by atoms with van der Waals surface area (Å²) in [6, 6.07) is 16.8. The molecule has 4 N–H and O–H groups in total. The molecule has 0 atom stereocenters. The van der Waals surface area contributed by atoms with Gasteiger partial charge in [-0.1, -0.05) is 24.3 Å². The molecular weight excluding hydrogens is 352 g/mol. The number of para-hydroxylation sites is 1. The summed E-state index contributed by atoms with van der Waals surface area (Å²) in [5.74, 6) is 1.58. The Balaban J connectivity index is 2.00. The number of anilines is 1. The standard InChI is InChI=1S/C18H24N4O3S/c1-18(2,22-26(3,23)24)13-20-17(19)21-14-8-7-11-16(12-14)25-15-9-5-4-6-10-15/h4-12,22H,13H2,1-3H3,(H3,19,20,21). The SMILES string of the molecule is CC(C)(CN=C(N)Nc1cccc(Oc2ccccc2)c1)NS(C)(=O)=O. The molecule has 0 bridgehead atoms. The summed E-state index contributed by atoms with van der Waals surface area (Å²) in [5.41, 5.74) is 5.88. The van der Waals surface area contributed by atoms with Gasteiger partial charge in [0.1, 0.15) is 11.5 Å². The van der Waals surface area contributed by atoms with Crippen molar-refractivity contribution in [2.45, 2.75) is 19.4 Å². The fourth-order valence-electron chi connectivity index (χ4n) is 2.27. The average molecular weight is 376 g/mol. The van der Waals surface area contributed by atoms with Crippen molar-refractivity contribution >= 4 is 21.7 Å². The molecule has 2 aromatic carbocycles. The van der Waals surface area contributed by atoms with Crippen molar-refractivity contribution in [2.24, 2.45) is 10.7 Å². The summed E-state index contributed by atoms with van der Waals surface area (Å²) in [6.45, 7) is 3.66. The molecule has 0 unspecified atom stereocenters. The van der Waals surface area contributed by atoms with E-state index in [0.717, 1.165) is 12.0 Å². The van der Waals surface area contributed by atoms with Crippen LogP contribution in [-0.2, 0) is 10.0 Å². The van der Waals surface area contributed by atoms with Crippen molar-refractivity contribution < 1.29 is 13.2 Å². The Labute approximate surface area is 154 Å². The van der Waals surface area contributed by atoms with Gasteiger partial charge < -0.3 is 15.8 Å². The van der Waals surface area contributed by atoms with Gasteiger partial charge in [-0.3, -0.25) is 4.99 Å². The second-order valence-electron chi connectivity index (χ2n) is 6.53. The highest BCUT2D eigenvalue weighted by molar-refractivity contribution is 7.88. The molecule has 7 nitrogen and oxygen atoms in total. The van der Waals surface area contributed by atoms with Gasteiger partial charge in [0.2, 0.25) is 10.0 Å². The first-order valence-corrected chi connectivity index (χ1v) is 9.91. The molecule has 0 amide bonds. The Morgan fingerprint density at radius 3 is 2.42 bits per heavy atom. The van der Waals surface area contributed by atoms with E-state index in [-0.39, 0.29) is 12.5 Å². The highest BCUT2D eigenvalue weighted by Crippen LogP contribution is 2.23. The van der Waals surface area contributed by atoms with Crippen molar-refractivity contribution in [3.63, 3.8) is 0 Å². The van der Waals surface area contributed by atoms with Gasteiger partial charge in [-0.2, -0.15) is 0 Å². The number of hydrogen-bond acceptors (Lipinski definition) is 4. The van der Waals surface area contributed by atoms with Crippen LogP contribution in [0.3, 0.4) is 0 Å². The highest BCUT2D eigenvalue weighted by atomic mass is 32.2. The molecule has 0 spiro atoms. The van der Waals surface area contributed by atoms with Crippen molar-refractivity contribution in [3.05, 3.63) is 54.6 Å². The van der Waals surface area contributed by atoms with Crippen LogP contribution in [0.1, 0.15) is 13.8 Å². The number of aliphatic imine (C=N–C) groups is 1. The highest BCUT2D eigenvalue weighted by Gasteiger charge is 2.21. The van der Waals surface area contributed by atoms with E-state index in [1.807, 2.05) is 48.5 Å². The molecule has 0 aliphatic heterocycles. The molecule has 0 aliphatic rings. The van der Waals surface area contributed by atoms with E-state index < -0.39 is 15.6 Å². The number of nitrogens with two attached hydrogens (primary N) is 1. The topological polar surface area (TPSA) is 106 Å². The molecular formula is C18H24N4O3S. The van der Waals surface area contributed by atoms with Crippen molar-refractivity contribution in [3.8, 4) is 11.5 Å². The Morgan fingerprint density at radius 1 is 1.12 bits per heavy atom. The first kappa shape index (κ1) is 19.7. The van der Waals surface area contributed by atoms with E-state index >= 15 is 0 Å². The lowest BCUT2D eigenvalue weighted by Crippen LogP contribution is -2.45. The summed E-state index contributed by atoms with van der Waals surface area (Å²) >= 11 is 0. The van der Waals surface area contributed by atoms with E-state index in [1.165, 1.54) is 0 Å². The molecule has 0 radical (unpaired) electrons. The average Bonchev–Trinajstić information content (AvgIpc) is 2.52. The first-order valence-electron chi connectivity index (χ1n) is 8.02. The molecule has 0 saturated carbocycles. The van der Waals surface area contributed by atoms with Crippen LogP contribution in [0.5, 0.6) is 11.5 Å². The fourth-order valence-corrected chi connectivity index (χ4v) is 3.33. The lowest BCUT2D eigenvalue weighted by Gasteiger charge is -2.22. The number of ether oxygens (including phenoxy) is 1. The minimum absolute atomic E-state index is 0.185. The van der Waals surface area contributed by atoms with Gasteiger partial charge in [0, 0.05) is 17.3 Å². The number of guanidine groups is 1. The van der Waals surface area contributed by atoms with Crippen molar-refractivity contribution in [1.29, 1.82) is 0 Å². The van der Waals surface area contributed by atoms with E-state index in [0.29, 0.717) is 11.4 Å². The molecule has 0 aromatic heterocycles. The second-order valence-corrected chi connectivity index (χ2v) is 8.28. The molecule has 0 saturated heterocycles. The van der Waals surface area contributed by atoms with Gasteiger partial charge in [-0.15, -0.1) is 0 Å². The van der Waals surface area contributed by atoms with Crippen LogP contribution in [0.4, 0.5) is 5.69 Å². The van der Waals surface area contributed by atoms with Crippen LogP contribution in [-0.4, -0.2) is 32.7 Å². The molecule has 8 heteroatoms. The van der Waals surface area contributed by atoms with Gasteiger partial charge in [0.05, 0.1) is 12.8 Å². The Morgan fingerprint density at radius 2 is 1.77 bits per heavy atom. The third kappa shape index (κ3) is 7.12. The van der Waals surface area contributed by atoms with Crippen LogP contribution in [0.25, 0.3) is 0 Å². The van der Waals surface area contributed by atoms with Crippen LogP contribution >= 0.6 is 0 Å². The Bertz CT molecular complexity index is 865. The van der Waals surface area contributed by atoms with Gasteiger partial charge in [-0.25, -0.2) is 13.1 Å². The van der Waals surface area contributed by atoms with Crippen LogP contribution < -0.4 is 20.5 Å². The largest absolute Gasteiger partial charge is 0.457 e. The normalized spacial score (nSPS) is 12.7. The predicted octanol–water partition coefficient (Wildman–Crippen LogP) is 2.53. The Kier molecular flexibility index (Phi) is 6.23. The molecule has 2 aromatic rings. The van der Waals surface area contributed by atoms with E-state index in [9.17, 15) is 8.42 Å². The molecule has 0 aliphatic carbocycles. The fraction of sp³-hybridized carbons (Fsp3) is 0.278. The molecule has 2 rings (SSSR count). The molecule has 0 heterocycles. The van der Waals surface area contributed by atoms with Crippen LogP contribution in [0.2, 0.25) is 0 Å². The maximum absolute atomic E-state index is 11.3. The predicted molar refractivity (Wildman–Crippen MR) is 105 cm³/mol. The smallest absolute Gasteiger partial charge is 0.209 e. The summed E-state index contributed by atoms with van der Waals surface area (Å²) in [5, 5.41) is 2.97. The quantitative estimate of drug-likeness (QED) is 0.509. The number of benzene rings is 2. The van der Waals surface area contributed by atoms with Gasteiger partial charge in [-0.05, 0) is 38.1 Å². The van der Waals surface area contributed by atoms with Crippen molar-refractivity contribution in [2.75, 3.05) is 18.1 Å². The summed E-state index contributed by atoms with van der Waals surface area (Å²) in [4.78, 5) is 4.20. The van der Waals surface area contributed by atoms with Crippen LogP contribution in [0.15, 0.2) is 59.6 Å². The molecule has 0 fully saturated rings. The maximum atomic E-state index is 11.3. The minimum Gasteiger partial charge on any atom is -0.457 e. The summed E-state index contributed by atoms with van der Waals surface area (Å²) in [6.07, 6.45) is 1.11. The van der Waals surface area contributed by atoms with E-state index in [4.69, 9.17) is 10.5 Å². The lowest BCUT2D eigenvalue weighted by atomic mass is 10.1. The third-order valence-electron chi connectivity index (χ3n) is 3.19. The number of nitrogens with one attached hydrogen (secondary N) is 2. The van der Waals surface area contributed by atoms with Gasteiger partial charge in [0.25, 0.3) is 0 Å². The first-order chi connectivity index (χ1) is 12.1. The van der Waals surface area contributed by atoms with Crippen LogP contribution in [0, 0.1) is 0 Å². The Hall–Kier alpha value is -2.58. The minimum atomic E-state index is -3.32. The maximum Gasteiger partial charge on any atom is 0.209 e. The van der Waals surface area contributed by atoms with Crippen molar-refractivity contribution in [1.82, 2.24) is 4.72 Å². The zero-order chi connectivity index (χ0) is 19.2. The lowest BCUT2D eigenvalue weighted by molar-refractivity contribution is 0.466. The monoisotopic (exact) mass is 376 g/mol. The summed E-state index contributed by atoms with van der Waals surface area (Å²) in [7, 11) is -3.32. The zero-order valence-electron chi connectivity index (χ0n) is 15.1. The number of rotatable bonds is 7. The zero-order valence-corrected chi connectivity index (χ0v) is 15.9. The van der Waals surface area contributed by atoms with E-state index in [1.54, 1.807) is 19.9 Å². The van der Waals surface area contributed by atoms with Gasteiger partial charge >= 0.3 is 0 Å².